The zero-order valence-corrected chi connectivity index (χ0v) is 14.7. The van der Waals surface area contributed by atoms with Crippen LogP contribution in [-0.2, 0) is 16.1 Å². The van der Waals surface area contributed by atoms with Crippen molar-refractivity contribution >= 4 is 17.5 Å². The summed E-state index contributed by atoms with van der Waals surface area (Å²) in [4.78, 5) is 24.5. The number of carbonyl (C=O) groups excluding carboxylic acids is 2. The molecule has 6 nitrogen and oxygen atoms in total. The van der Waals surface area contributed by atoms with Crippen LogP contribution in [0.1, 0.15) is 28.8 Å². The van der Waals surface area contributed by atoms with E-state index in [1.165, 1.54) is 0 Å². The highest BCUT2D eigenvalue weighted by Gasteiger charge is 2.23. The summed E-state index contributed by atoms with van der Waals surface area (Å²) in [6.07, 6.45) is 1.22. The zero-order chi connectivity index (χ0) is 18.4. The first-order chi connectivity index (χ1) is 12.7. The first-order valence-electron chi connectivity index (χ1n) is 8.59. The maximum Gasteiger partial charge on any atom is 0.253 e. The molecule has 0 saturated carbocycles. The summed E-state index contributed by atoms with van der Waals surface area (Å²) in [5.41, 5.74) is 2.05. The lowest BCUT2D eigenvalue weighted by Crippen LogP contribution is -2.27. The number of methoxy groups -OCH3 is 1. The molecule has 2 amide bonds. The van der Waals surface area contributed by atoms with Gasteiger partial charge in [0.25, 0.3) is 11.8 Å². The van der Waals surface area contributed by atoms with Gasteiger partial charge in [-0.1, -0.05) is 18.2 Å². The van der Waals surface area contributed by atoms with Crippen LogP contribution in [0.4, 0.5) is 5.69 Å². The smallest absolute Gasteiger partial charge is 0.253 e. The summed E-state index contributed by atoms with van der Waals surface area (Å²) in [5, 5.41) is 5.68. The van der Waals surface area contributed by atoms with E-state index in [1.807, 2.05) is 24.3 Å². The predicted molar refractivity (Wildman–Crippen MR) is 98.2 cm³/mol. The van der Waals surface area contributed by atoms with Crippen molar-refractivity contribution in [3.05, 3.63) is 59.7 Å². The molecule has 3 rings (SSSR count). The lowest BCUT2D eigenvalue weighted by Gasteiger charge is -2.11. The number of hydrogen-bond donors (Lipinski definition) is 2. The standard InChI is InChI=1S/C20H22N2O4/c1-25-17-9-7-14(8-10-17)13-21-19(23)15-4-2-5-16(12-15)22-20(24)18-6-3-11-26-18/h2,4-5,7-10,12,18H,3,6,11,13H2,1H3,(H,21,23)(H,22,24). The number of benzene rings is 2. The fraction of sp³-hybridized carbons (Fsp3) is 0.300. The molecule has 1 atom stereocenters. The molecule has 1 unspecified atom stereocenters. The second kappa shape index (κ2) is 8.49. The Kier molecular flexibility index (Phi) is 5.86. The monoisotopic (exact) mass is 354 g/mol. The van der Waals surface area contributed by atoms with Crippen molar-refractivity contribution < 1.29 is 19.1 Å². The third kappa shape index (κ3) is 4.61. The molecule has 136 valence electrons. The minimum absolute atomic E-state index is 0.168. The highest BCUT2D eigenvalue weighted by Crippen LogP contribution is 2.16. The van der Waals surface area contributed by atoms with Crippen LogP contribution in [-0.4, -0.2) is 31.6 Å². The Morgan fingerprint density at radius 1 is 1.19 bits per heavy atom. The van der Waals surface area contributed by atoms with Gasteiger partial charge in [-0.3, -0.25) is 9.59 Å². The first-order valence-corrected chi connectivity index (χ1v) is 8.59. The van der Waals surface area contributed by atoms with E-state index in [-0.39, 0.29) is 11.8 Å². The molecule has 0 spiro atoms. The van der Waals surface area contributed by atoms with Crippen molar-refractivity contribution in [2.45, 2.75) is 25.5 Å². The number of anilines is 1. The van der Waals surface area contributed by atoms with Crippen molar-refractivity contribution in [2.24, 2.45) is 0 Å². The quantitative estimate of drug-likeness (QED) is 0.836. The van der Waals surface area contributed by atoms with Gasteiger partial charge in [0, 0.05) is 24.4 Å². The average Bonchev–Trinajstić information content (AvgIpc) is 3.22. The summed E-state index contributed by atoms with van der Waals surface area (Å²) in [6.45, 7) is 1.03. The minimum atomic E-state index is -0.400. The van der Waals surface area contributed by atoms with Gasteiger partial charge in [-0.2, -0.15) is 0 Å². The van der Waals surface area contributed by atoms with Crippen molar-refractivity contribution in [3.8, 4) is 5.75 Å². The van der Waals surface area contributed by atoms with E-state index in [4.69, 9.17) is 9.47 Å². The molecule has 0 aromatic heterocycles. The first kappa shape index (κ1) is 17.9. The molecule has 2 aromatic rings. The second-order valence-corrected chi connectivity index (χ2v) is 6.10. The molecule has 0 bridgehead atoms. The van der Waals surface area contributed by atoms with E-state index in [1.54, 1.807) is 31.4 Å². The second-order valence-electron chi connectivity index (χ2n) is 6.10. The van der Waals surface area contributed by atoms with Gasteiger partial charge >= 0.3 is 0 Å². The van der Waals surface area contributed by atoms with Crippen molar-refractivity contribution in [3.63, 3.8) is 0 Å². The summed E-state index contributed by atoms with van der Waals surface area (Å²) in [6, 6.07) is 14.4. The van der Waals surface area contributed by atoms with Gasteiger partial charge in [-0.25, -0.2) is 0 Å². The largest absolute Gasteiger partial charge is 0.497 e. The Labute approximate surface area is 152 Å². The third-order valence-electron chi connectivity index (χ3n) is 4.23. The van der Waals surface area contributed by atoms with Crippen LogP contribution in [0, 0.1) is 0 Å². The summed E-state index contributed by atoms with van der Waals surface area (Å²) in [7, 11) is 1.61. The fourth-order valence-corrected chi connectivity index (χ4v) is 2.77. The molecule has 1 heterocycles. The number of amides is 2. The average molecular weight is 354 g/mol. The van der Waals surface area contributed by atoms with Crippen LogP contribution in [0.15, 0.2) is 48.5 Å². The molecule has 26 heavy (non-hydrogen) atoms. The van der Waals surface area contributed by atoms with Gasteiger partial charge < -0.3 is 20.1 Å². The topological polar surface area (TPSA) is 76.7 Å². The van der Waals surface area contributed by atoms with Crippen LogP contribution in [0.3, 0.4) is 0 Å². The highest BCUT2D eigenvalue weighted by molar-refractivity contribution is 5.98. The third-order valence-corrected chi connectivity index (χ3v) is 4.23. The molecule has 2 N–H and O–H groups in total. The Bertz CT molecular complexity index is 768. The van der Waals surface area contributed by atoms with Crippen LogP contribution >= 0.6 is 0 Å². The molecule has 1 saturated heterocycles. The number of nitrogens with one attached hydrogen (secondary N) is 2. The van der Waals surface area contributed by atoms with Gasteiger partial charge in [0.15, 0.2) is 0 Å². The molecular weight excluding hydrogens is 332 g/mol. The molecule has 6 heteroatoms. The van der Waals surface area contributed by atoms with Crippen LogP contribution in [0.2, 0.25) is 0 Å². The Morgan fingerprint density at radius 3 is 2.69 bits per heavy atom. The highest BCUT2D eigenvalue weighted by atomic mass is 16.5. The Hall–Kier alpha value is -2.86. The predicted octanol–water partition coefficient (Wildman–Crippen LogP) is 2.74. The normalized spacial score (nSPS) is 16.1. The van der Waals surface area contributed by atoms with Gasteiger partial charge in [0.1, 0.15) is 11.9 Å². The van der Waals surface area contributed by atoms with Crippen molar-refractivity contribution in [2.75, 3.05) is 19.0 Å². The number of rotatable bonds is 6. The Balaban J connectivity index is 1.57. The van der Waals surface area contributed by atoms with Crippen molar-refractivity contribution in [1.82, 2.24) is 5.32 Å². The van der Waals surface area contributed by atoms with Gasteiger partial charge in [0.2, 0.25) is 0 Å². The molecule has 1 aliphatic rings. The van der Waals surface area contributed by atoms with E-state index in [0.717, 1.165) is 24.2 Å². The van der Waals surface area contributed by atoms with Crippen LogP contribution < -0.4 is 15.4 Å². The van der Waals surface area contributed by atoms with Crippen LogP contribution in [0.5, 0.6) is 5.75 Å². The number of ether oxygens (including phenoxy) is 2. The molecule has 1 fully saturated rings. The maximum atomic E-state index is 12.4. The van der Waals surface area contributed by atoms with Crippen molar-refractivity contribution in [1.29, 1.82) is 0 Å². The van der Waals surface area contributed by atoms with Gasteiger partial charge in [0.05, 0.1) is 7.11 Å². The van der Waals surface area contributed by atoms with E-state index >= 15 is 0 Å². The Morgan fingerprint density at radius 2 is 2.00 bits per heavy atom. The van der Waals surface area contributed by atoms with Gasteiger partial charge in [-0.15, -0.1) is 0 Å². The van der Waals surface area contributed by atoms with Gasteiger partial charge in [-0.05, 0) is 48.7 Å². The minimum Gasteiger partial charge on any atom is -0.497 e. The molecule has 1 aliphatic heterocycles. The molecular formula is C20H22N2O4. The van der Waals surface area contributed by atoms with E-state index in [0.29, 0.717) is 24.4 Å². The lowest BCUT2D eigenvalue weighted by molar-refractivity contribution is -0.124. The number of hydrogen-bond acceptors (Lipinski definition) is 4. The SMILES string of the molecule is COc1ccc(CNC(=O)c2cccc(NC(=O)C3CCCO3)c2)cc1. The summed E-state index contributed by atoms with van der Waals surface area (Å²) < 4.78 is 10.5. The maximum absolute atomic E-state index is 12.4. The van der Waals surface area contributed by atoms with E-state index in [2.05, 4.69) is 10.6 Å². The fourth-order valence-electron chi connectivity index (χ4n) is 2.77. The number of carbonyl (C=O) groups is 2. The van der Waals surface area contributed by atoms with E-state index < -0.39 is 6.10 Å². The summed E-state index contributed by atoms with van der Waals surface area (Å²) >= 11 is 0. The molecule has 0 radical (unpaired) electrons. The molecule has 2 aromatic carbocycles. The molecule has 0 aliphatic carbocycles. The van der Waals surface area contributed by atoms with Crippen LogP contribution in [0.25, 0.3) is 0 Å². The van der Waals surface area contributed by atoms with E-state index in [9.17, 15) is 9.59 Å². The zero-order valence-electron chi connectivity index (χ0n) is 14.7. The lowest BCUT2D eigenvalue weighted by atomic mass is 10.1. The summed E-state index contributed by atoms with van der Waals surface area (Å²) in [5.74, 6) is 0.405.